The lowest BCUT2D eigenvalue weighted by Gasteiger charge is -2.38. The van der Waals surface area contributed by atoms with E-state index in [1.165, 1.54) is 0 Å². The van der Waals surface area contributed by atoms with Crippen molar-refractivity contribution in [1.29, 1.82) is 0 Å². The van der Waals surface area contributed by atoms with Gasteiger partial charge in [-0.1, -0.05) is 0 Å². The van der Waals surface area contributed by atoms with Crippen molar-refractivity contribution in [3.8, 4) is 0 Å². The summed E-state index contributed by atoms with van der Waals surface area (Å²) in [5.41, 5.74) is 0. The summed E-state index contributed by atoms with van der Waals surface area (Å²) in [4.78, 5) is 0. The standard InChI is InChI=1S/C14H30O7/c1-9(2)17-13(15,18-10(3)4)21-14(16,19-11(5)6)20-12(7)8/h9-12,15-16H,1-8H3. The zero-order chi connectivity index (χ0) is 16.8. The molecule has 0 aromatic heterocycles. The number of hydrogen-bond donors (Lipinski definition) is 2. The fraction of sp³-hybridized carbons (Fsp3) is 1.00. The molecule has 0 spiro atoms. The van der Waals surface area contributed by atoms with E-state index in [1.54, 1.807) is 55.4 Å². The van der Waals surface area contributed by atoms with Crippen LogP contribution in [0.4, 0.5) is 0 Å². The smallest absolute Gasteiger partial charge is 0.319 e. The van der Waals surface area contributed by atoms with Crippen molar-refractivity contribution in [2.75, 3.05) is 0 Å². The Morgan fingerprint density at radius 3 is 0.857 bits per heavy atom. The summed E-state index contributed by atoms with van der Waals surface area (Å²) in [6.07, 6.45) is -6.68. The van der Waals surface area contributed by atoms with Crippen molar-refractivity contribution in [3.05, 3.63) is 0 Å². The molecule has 2 N–H and O–H groups in total. The zero-order valence-corrected chi connectivity index (χ0v) is 14.2. The van der Waals surface area contributed by atoms with Crippen molar-refractivity contribution in [2.24, 2.45) is 0 Å². The first-order chi connectivity index (χ1) is 9.37. The van der Waals surface area contributed by atoms with Crippen molar-refractivity contribution < 1.29 is 33.9 Å². The van der Waals surface area contributed by atoms with E-state index in [1.807, 2.05) is 0 Å². The van der Waals surface area contributed by atoms with Crippen LogP contribution in [0.3, 0.4) is 0 Å². The predicted octanol–water partition coefficient (Wildman–Crippen LogP) is 1.91. The van der Waals surface area contributed by atoms with E-state index in [4.69, 9.17) is 23.7 Å². The molecule has 0 unspecified atom stereocenters. The molecule has 0 saturated carbocycles. The second kappa shape index (κ2) is 8.38. The van der Waals surface area contributed by atoms with Gasteiger partial charge < -0.3 is 29.2 Å². The summed E-state index contributed by atoms with van der Waals surface area (Å²) in [7, 11) is 0. The van der Waals surface area contributed by atoms with Crippen LogP contribution in [-0.2, 0) is 23.7 Å². The molecule has 0 heterocycles. The van der Waals surface area contributed by atoms with Gasteiger partial charge >= 0.3 is 12.3 Å². The second-order valence-corrected chi connectivity index (χ2v) is 5.82. The van der Waals surface area contributed by atoms with Gasteiger partial charge in [0.1, 0.15) is 0 Å². The fourth-order valence-corrected chi connectivity index (χ4v) is 1.51. The van der Waals surface area contributed by atoms with Crippen molar-refractivity contribution in [2.45, 2.75) is 92.1 Å². The highest BCUT2D eigenvalue weighted by atomic mass is 17.1. The molecule has 0 aliphatic heterocycles. The van der Waals surface area contributed by atoms with E-state index in [9.17, 15) is 10.2 Å². The number of rotatable bonds is 10. The maximum Gasteiger partial charge on any atom is 0.416 e. The molecule has 128 valence electrons. The van der Waals surface area contributed by atoms with Gasteiger partial charge in [-0.3, -0.25) is 0 Å². The fourth-order valence-electron chi connectivity index (χ4n) is 1.51. The average Bonchev–Trinajstić information content (AvgIpc) is 2.07. The maximum atomic E-state index is 10.3. The van der Waals surface area contributed by atoms with Crippen LogP contribution in [0.15, 0.2) is 0 Å². The third kappa shape index (κ3) is 9.36. The van der Waals surface area contributed by atoms with Gasteiger partial charge in [-0.05, 0) is 55.4 Å². The Morgan fingerprint density at radius 1 is 0.524 bits per heavy atom. The van der Waals surface area contributed by atoms with Crippen LogP contribution >= 0.6 is 0 Å². The minimum Gasteiger partial charge on any atom is -0.319 e. The quantitative estimate of drug-likeness (QED) is 0.596. The molecule has 0 aliphatic rings. The molecule has 0 aliphatic carbocycles. The molecular formula is C14H30O7. The molecule has 0 aromatic rings. The number of ether oxygens (including phenoxy) is 5. The highest BCUT2D eigenvalue weighted by molar-refractivity contribution is 4.53. The lowest BCUT2D eigenvalue weighted by atomic mass is 10.5. The Morgan fingerprint density at radius 2 is 0.714 bits per heavy atom. The van der Waals surface area contributed by atoms with Crippen LogP contribution in [-0.4, -0.2) is 46.9 Å². The van der Waals surface area contributed by atoms with Gasteiger partial charge in [0, 0.05) is 0 Å². The Kier molecular flexibility index (Phi) is 8.27. The molecule has 0 rings (SSSR count). The van der Waals surface area contributed by atoms with E-state index in [2.05, 4.69) is 0 Å². The van der Waals surface area contributed by atoms with E-state index < -0.39 is 36.7 Å². The first-order valence-electron chi connectivity index (χ1n) is 7.23. The lowest BCUT2D eigenvalue weighted by molar-refractivity contribution is -0.621. The highest BCUT2D eigenvalue weighted by Gasteiger charge is 2.47. The lowest BCUT2D eigenvalue weighted by Crippen LogP contribution is -2.54. The summed E-state index contributed by atoms with van der Waals surface area (Å²) >= 11 is 0. The number of aliphatic hydroxyl groups is 2. The molecular weight excluding hydrogens is 280 g/mol. The first-order valence-corrected chi connectivity index (χ1v) is 7.23. The molecule has 0 amide bonds. The first kappa shape index (κ1) is 20.7. The van der Waals surface area contributed by atoms with Gasteiger partial charge in [-0.2, -0.15) is 0 Å². The Bertz CT molecular complexity index is 241. The monoisotopic (exact) mass is 310 g/mol. The van der Waals surface area contributed by atoms with Gasteiger partial charge in [-0.15, -0.1) is 0 Å². The van der Waals surface area contributed by atoms with Gasteiger partial charge in [0.05, 0.1) is 24.4 Å². The van der Waals surface area contributed by atoms with Gasteiger partial charge in [0.15, 0.2) is 0 Å². The Hall–Kier alpha value is -0.280. The minimum atomic E-state index is -2.50. The third-order valence-corrected chi connectivity index (χ3v) is 1.80. The summed E-state index contributed by atoms with van der Waals surface area (Å²) in [5.74, 6) is 0. The van der Waals surface area contributed by atoms with Crippen LogP contribution in [0.2, 0.25) is 0 Å². The van der Waals surface area contributed by atoms with Crippen LogP contribution < -0.4 is 0 Å². The minimum absolute atomic E-state index is 0.420. The van der Waals surface area contributed by atoms with Crippen LogP contribution in [0.25, 0.3) is 0 Å². The maximum absolute atomic E-state index is 10.3. The predicted molar refractivity (Wildman–Crippen MR) is 75.9 cm³/mol. The van der Waals surface area contributed by atoms with E-state index in [0.29, 0.717) is 0 Å². The molecule has 21 heavy (non-hydrogen) atoms. The summed E-state index contributed by atoms with van der Waals surface area (Å²) in [6, 6.07) is 0. The van der Waals surface area contributed by atoms with Crippen LogP contribution in [0.1, 0.15) is 55.4 Å². The van der Waals surface area contributed by atoms with Crippen LogP contribution in [0, 0.1) is 0 Å². The Labute approximate surface area is 127 Å². The summed E-state index contributed by atoms with van der Waals surface area (Å²) in [6.45, 7) is 13.5. The SMILES string of the molecule is CC(C)OC(O)(OC(C)C)OC(O)(OC(C)C)OC(C)C. The Balaban J connectivity index is 5.18. The van der Waals surface area contributed by atoms with E-state index in [0.717, 1.165) is 0 Å². The van der Waals surface area contributed by atoms with Gasteiger partial charge in [-0.25, -0.2) is 4.74 Å². The summed E-state index contributed by atoms with van der Waals surface area (Å²) < 4.78 is 25.9. The van der Waals surface area contributed by atoms with Crippen LogP contribution in [0.5, 0.6) is 0 Å². The molecule has 0 bridgehead atoms. The van der Waals surface area contributed by atoms with Gasteiger partial charge in [0.25, 0.3) is 0 Å². The highest BCUT2D eigenvalue weighted by Crippen LogP contribution is 2.27. The number of hydrogen-bond acceptors (Lipinski definition) is 7. The second-order valence-electron chi connectivity index (χ2n) is 5.82. The molecule has 0 radical (unpaired) electrons. The zero-order valence-electron chi connectivity index (χ0n) is 14.2. The molecule has 7 nitrogen and oxygen atoms in total. The molecule has 0 saturated heterocycles. The largest absolute Gasteiger partial charge is 0.416 e. The van der Waals surface area contributed by atoms with Crippen molar-refractivity contribution in [3.63, 3.8) is 0 Å². The average molecular weight is 310 g/mol. The molecule has 0 fully saturated rings. The van der Waals surface area contributed by atoms with E-state index in [-0.39, 0.29) is 0 Å². The van der Waals surface area contributed by atoms with Crippen molar-refractivity contribution >= 4 is 0 Å². The van der Waals surface area contributed by atoms with Gasteiger partial charge in [0.2, 0.25) is 0 Å². The molecule has 7 heteroatoms. The third-order valence-electron chi connectivity index (χ3n) is 1.80. The molecule has 0 aromatic carbocycles. The molecule has 0 atom stereocenters. The topological polar surface area (TPSA) is 86.6 Å². The normalized spacial score (nSPS) is 14.0. The summed E-state index contributed by atoms with van der Waals surface area (Å²) in [5, 5.41) is 20.7. The van der Waals surface area contributed by atoms with Crippen molar-refractivity contribution in [1.82, 2.24) is 0 Å². The van der Waals surface area contributed by atoms with E-state index >= 15 is 0 Å².